The molecule has 5 atom stereocenters. The second-order valence-electron chi connectivity index (χ2n) is 13.0. The van der Waals surface area contributed by atoms with Crippen molar-refractivity contribution < 1.29 is 24.0 Å². The van der Waals surface area contributed by atoms with Crippen molar-refractivity contribution >= 4 is 40.4 Å². The summed E-state index contributed by atoms with van der Waals surface area (Å²) in [5.74, 6) is 3.23. The van der Waals surface area contributed by atoms with E-state index in [0.29, 0.717) is 63.7 Å². The van der Waals surface area contributed by atoms with Crippen LogP contribution in [-0.2, 0) is 36.8 Å². The number of carbonyl (C=O) groups is 5. The molecule has 2 fully saturated rings. The van der Waals surface area contributed by atoms with Gasteiger partial charge in [0.25, 0.3) is 5.91 Å². The molecule has 3 aromatic rings. The minimum atomic E-state index is -1.02. The number of likely N-dealkylation sites (tertiary alicyclic amines) is 2. The molecule has 15 nitrogen and oxygen atoms in total. The number of aromatic amines is 2. The van der Waals surface area contributed by atoms with Gasteiger partial charge in [0.2, 0.25) is 23.6 Å². The van der Waals surface area contributed by atoms with E-state index < -0.39 is 53.8 Å². The number of hydrogen-bond acceptors (Lipinski definition) is 8. The van der Waals surface area contributed by atoms with Crippen molar-refractivity contribution in [3.63, 3.8) is 0 Å². The summed E-state index contributed by atoms with van der Waals surface area (Å²) in [6, 6.07) is 3.42. The highest BCUT2D eigenvalue weighted by molar-refractivity contribution is 5.96. The highest BCUT2D eigenvalue weighted by Gasteiger charge is 2.41. The largest absolute Gasteiger partial charge is 0.361 e. The molecule has 4 heterocycles. The Balaban J connectivity index is 1.30. The highest BCUT2D eigenvalue weighted by Crippen LogP contribution is 2.23. The molecule has 0 radical (unpaired) electrons. The minimum absolute atomic E-state index is 0.113. The number of nitrogens with one attached hydrogen (secondary N) is 5. The number of hydrogen-bond donors (Lipinski definition) is 7. The van der Waals surface area contributed by atoms with E-state index in [9.17, 15) is 24.0 Å². The number of H-pyrrole nitrogens is 2. The fourth-order valence-electron chi connectivity index (χ4n) is 6.93. The molecule has 5 rings (SSSR count). The van der Waals surface area contributed by atoms with E-state index in [4.69, 9.17) is 11.6 Å². The molecule has 0 saturated carbocycles. The van der Waals surface area contributed by atoms with E-state index in [-0.39, 0.29) is 18.7 Å². The van der Waals surface area contributed by atoms with Crippen LogP contribution in [0.25, 0.3) is 10.9 Å². The van der Waals surface area contributed by atoms with Gasteiger partial charge in [0.1, 0.15) is 24.2 Å². The van der Waals surface area contributed by atoms with Crippen LogP contribution in [-0.4, -0.2) is 97.6 Å². The smallest absolute Gasteiger partial charge is 0.256 e. The van der Waals surface area contributed by atoms with Crippen molar-refractivity contribution in [2.45, 2.75) is 101 Å². The van der Waals surface area contributed by atoms with E-state index in [0.717, 1.165) is 22.9 Å². The molecule has 2 aliphatic heterocycles. The van der Waals surface area contributed by atoms with Crippen LogP contribution in [0.2, 0.25) is 0 Å². The summed E-state index contributed by atoms with van der Waals surface area (Å²) in [6.07, 6.45) is 10.1. The van der Waals surface area contributed by atoms with Gasteiger partial charge in [-0.05, 0) is 56.6 Å². The molecule has 0 unspecified atom stereocenters. The SMILES string of the molecule is CCCC[C@H](NC(=O)[C@H](N)Cc1c[nH]c2ccccc12)C(=O)N1CCCC[C@@H]1C(=O)N[C@H](Cc1cnc[nH]1)C(=O)N1CCC[C@H]1C(=O)NN. The van der Waals surface area contributed by atoms with Crippen LogP contribution in [0.15, 0.2) is 43.0 Å². The van der Waals surface area contributed by atoms with Gasteiger partial charge >= 0.3 is 0 Å². The first-order valence-electron chi connectivity index (χ1n) is 17.2. The Hall–Kier alpha value is -4.76. The Morgan fingerprint density at radius 3 is 2.37 bits per heavy atom. The Labute approximate surface area is 285 Å². The van der Waals surface area contributed by atoms with Crippen molar-refractivity contribution in [2.24, 2.45) is 11.6 Å². The number of fused-ring (bicyclic) bond motifs is 1. The monoisotopic (exact) mass is 676 g/mol. The Bertz CT molecular complexity index is 1610. The summed E-state index contributed by atoms with van der Waals surface area (Å²) in [6.45, 7) is 2.69. The number of amides is 5. The van der Waals surface area contributed by atoms with Crippen LogP contribution in [0.1, 0.15) is 69.5 Å². The van der Waals surface area contributed by atoms with E-state index >= 15 is 0 Å². The van der Waals surface area contributed by atoms with Gasteiger partial charge in [-0.15, -0.1) is 0 Å². The number of piperidine rings is 1. The molecule has 2 saturated heterocycles. The number of nitrogens with zero attached hydrogens (tertiary/aromatic N) is 3. The molecule has 2 aliphatic rings. The van der Waals surface area contributed by atoms with Gasteiger partial charge in [-0.3, -0.25) is 29.4 Å². The summed E-state index contributed by atoms with van der Waals surface area (Å²) in [7, 11) is 0. The van der Waals surface area contributed by atoms with Gasteiger partial charge in [-0.25, -0.2) is 10.8 Å². The standard InChI is InChI=1S/C34H48N10O5/c1-2-3-10-26(40-30(45)24(35)16-21-18-38-25-11-5-4-9-23(21)25)33(48)43-14-7-6-12-28(43)31(46)41-27(17-22-19-37-20-39-22)34(49)44-15-8-13-29(44)32(47)42-36/h4-5,9,11,18-20,24,26-29,38H,2-3,6-8,10,12-17,35-36H2,1H3,(H,37,39)(H,40,45)(H,41,46)(H,42,47)/t24-,26+,27-,28-,29+/m1/s1. The fourth-order valence-corrected chi connectivity index (χ4v) is 6.93. The Kier molecular flexibility index (Phi) is 12.0. The zero-order chi connectivity index (χ0) is 34.9. The quantitative estimate of drug-likeness (QED) is 0.0723. The van der Waals surface area contributed by atoms with Gasteiger partial charge in [-0.2, -0.15) is 0 Å². The second kappa shape index (κ2) is 16.6. The van der Waals surface area contributed by atoms with Gasteiger partial charge < -0.3 is 36.1 Å². The third-order valence-electron chi connectivity index (χ3n) is 9.58. The Morgan fingerprint density at radius 1 is 0.918 bits per heavy atom. The third-order valence-corrected chi connectivity index (χ3v) is 9.58. The van der Waals surface area contributed by atoms with Gasteiger partial charge in [-0.1, -0.05) is 38.0 Å². The third kappa shape index (κ3) is 8.46. The van der Waals surface area contributed by atoms with Crippen molar-refractivity contribution in [1.82, 2.24) is 40.8 Å². The lowest BCUT2D eigenvalue weighted by atomic mass is 9.97. The number of unbranched alkanes of at least 4 members (excludes halogenated alkanes) is 1. The normalized spacial score (nSPS) is 19.7. The maximum absolute atomic E-state index is 14.1. The number of carbonyl (C=O) groups excluding carboxylic acids is 5. The van der Waals surface area contributed by atoms with Crippen LogP contribution < -0.4 is 27.6 Å². The number of aromatic nitrogens is 3. The maximum atomic E-state index is 14.1. The average Bonchev–Trinajstić information content (AvgIpc) is 3.91. The van der Waals surface area contributed by atoms with Crippen molar-refractivity contribution in [1.29, 1.82) is 0 Å². The molecule has 0 aliphatic carbocycles. The molecule has 0 bridgehead atoms. The van der Waals surface area contributed by atoms with Crippen LogP contribution in [0.4, 0.5) is 0 Å². The summed E-state index contributed by atoms with van der Waals surface area (Å²) < 4.78 is 0. The van der Waals surface area contributed by atoms with Gasteiger partial charge in [0, 0.05) is 48.5 Å². The number of para-hydroxylation sites is 1. The second-order valence-corrected chi connectivity index (χ2v) is 13.0. The Morgan fingerprint density at radius 2 is 1.63 bits per heavy atom. The first-order chi connectivity index (χ1) is 23.7. The maximum Gasteiger partial charge on any atom is 0.256 e. The van der Waals surface area contributed by atoms with E-state index in [1.807, 2.05) is 37.4 Å². The number of rotatable bonds is 14. The predicted molar refractivity (Wildman–Crippen MR) is 182 cm³/mol. The number of nitrogens with two attached hydrogens (primary N) is 2. The fraction of sp³-hybridized carbons (Fsp3) is 0.529. The van der Waals surface area contributed by atoms with Crippen LogP contribution in [0, 0.1) is 0 Å². The topological polar surface area (TPSA) is 224 Å². The lowest BCUT2D eigenvalue weighted by Gasteiger charge is -2.38. The molecule has 264 valence electrons. The summed E-state index contributed by atoms with van der Waals surface area (Å²) in [4.78, 5) is 81.0. The average molecular weight is 677 g/mol. The number of benzene rings is 1. The van der Waals surface area contributed by atoms with E-state index in [1.165, 1.54) is 16.1 Å². The van der Waals surface area contributed by atoms with Crippen molar-refractivity contribution in [3.8, 4) is 0 Å². The zero-order valence-electron chi connectivity index (χ0n) is 28.0. The summed E-state index contributed by atoms with van der Waals surface area (Å²) >= 11 is 0. The molecule has 49 heavy (non-hydrogen) atoms. The molecular weight excluding hydrogens is 628 g/mol. The van der Waals surface area contributed by atoms with Crippen molar-refractivity contribution in [2.75, 3.05) is 13.1 Å². The highest BCUT2D eigenvalue weighted by atomic mass is 16.2. The van der Waals surface area contributed by atoms with Gasteiger partial charge in [0.15, 0.2) is 0 Å². The molecule has 1 aromatic carbocycles. The minimum Gasteiger partial charge on any atom is -0.361 e. The molecule has 15 heteroatoms. The molecule has 9 N–H and O–H groups in total. The van der Waals surface area contributed by atoms with E-state index in [2.05, 4.69) is 31.0 Å². The molecular formula is C34H48N10O5. The first-order valence-corrected chi connectivity index (χ1v) is 17.2. The zero-order valence-corrected chi connectivity index (χ0v) is 28.0. The summed E-state index contributed by atoms with van der Waals surface area (Å²) in [5, 5.41) is 6.78. The summed E-state index contributed by atoms with van der Waals surface area (Å²) in [5.41, 5.74) is 11.0. The van der Waals surface area contributed by atoms with Crippen LogP contribution >= 0.6 is 0 Å². The predicted octanol–water partition coefficient (Wildman–Crippen LogP) is 0.525. The van der Waals surface area contributed by atoms with Crippen LogP contribution in [0.3, 0.4) is 0 Å². The number of hydrazine groups is 1. The van der Waals surface area contributed by atoms with Crippen molar-refractivity contribution in [3.05, 3.63) is 54.2 Å². The molecule has 2 aromatic heterocycles. The first kappa shape index (κ1) is 35.5. The molecule has 0 spiro atoms. The lowest BCUT2D eigenvalue weighted by molar-refractivity contribution is -0.147. The van der Waals surface area contributed by atoms with Crippen LogP contribution in [0.5, 0.6) is 0 Å². The lowest BCUT2D eigenvalue weighted by Crippen LogP contribution is -2.61. The molecule has 5 amide bonds. The number of imidazole rings is 1. The van der Waals surface area contributed by atoms with Gasteiger partial charge in [0.05, 0.1) is 12.4 Å². The van der Waals surface area contributed by atoms with E-state index in [1.54, 1.807) is 6.20 Å².